The second kappa shape index (κ2) is 5.65. The number of rotatable bonds is 6. The lowest BCUT2D eigenvalue weighted by atomic mass is 10.1. The average Bonchev–Trinajstić information content (AvgIpc) is 3.09. The van der Waals surface area contributed by atoms with Crippen molar-refractivity contribution in [3.05, 3.63) is 18.1 Å². The van der Waals surface area contributed by atoms with Gasteiger partial charge in [-0.15, -0.1) is 0 Å². The Hall–Kier alpha value is -1.16. The molecule has 2 aliphatic carbocycles. The molecule has 0 spiro atoms. The molecule has 1 aromatic heterocycles. The molecule has 0 amide bonds. The van der Waals surface area contributed by atoms with Gasteiger partial charge >= 0.3 is 0 Å². The number of aromatic nitrogens is 2. The van der Waals surface area contributed by atoms with E-state index in [0.717, 1.165) is 24.8 Å². The number of nitrogens with one attached hydrogen (secondary N) is 1. The maximum atomic E-state index is 5.75. The van der Waals surface area contributed by atoms with Gasteiger partial charge in [-0.05, 0) is 31.6 Å². The molecule has 2 fully saturated rings. The Kier molecular flexibility index (Phi) is 3.74. The minimum absolute atomic E-state index is 0.678. The van der Waals surface area contributed by atoms with E-state index in [1.165, 1.54) is 38.5 Å². The standard InChI is InChI=1S/C14H21N3O/c1-2-4-11(3-1)10-18-14-9-15-7-13(17-14)8-16-12-5-6-12/h7,9,11-12,16H,1-6,8,10H2. The summed E-state index contributed by atoms with van der Waals surface area (Å²) in [5.41, 5.74) is 0.978. The van der Waals surface area contributed by atoms with Crippen molar-refractivity contribution < 1.29 is 4.74 Å². The van der Waals surface area contributed by atoms with Crippen molar-refractivity contribution >= 4 is 0 Å². The molecule has 1 aromatic rings. The maximum absolute atomic E-state index is 5.75. The summed E-state index contributed by atoms with van der Waals surface area (Å²) in [4.78, 5) is 8.69. The van der Waals surface area contributed by atoms with Crippen LogP contribution < -0.4 is 10.1 Å². The molecule has 0 bridgehead atoms. The van der Waals surface area contributed by atoms with Crippen molar-refractivity contribution in [3.63, 3.8) is 0 Å². The predicted octanol–water partition coefficient (Wildman–Crippen LogP) is 2.30. The van der Waals surface area contributed by atoms with Gasteiger partial charge in [0.25, 0.3) is 0 Å². The van der Waals surface area contributed by atoms with Gasteiger partial charge in [-0.25, -0.2) is 4.98 Å². The average molecular weight is 247 g/mol. The SMILES string of the molecule is c1ncc(OCC2CCCC2)nc1CNC1CC1. The summed E-state index contributed by atoms with van der Waals surface area (Å²) >= 11 is 0. The van der Waals surface area contributed by atoms with E-state index >= 15 is 0 Å². The Bertz CT molecular complexity index is 386. The molecule has 18 heavy (non-hydrogen) atoms. The molecule has 3 rings (SSSR count). The molecule has 2 saturated carbocycles. The number of hydrogen-bond donors (Lipinski definition) is 1. The molecular weight excluding hydrogens is 226 g/mol. The molecule has 1 N–H and O–H groups in total. The van der Waals surface area contributed by atoms with E-state index in [2.05, 4.69) is 15.3 Å². The van der Waals surface area contributed by atoms with Crippen LogP contribution in [0.3, 0.4) is 0 Å². The second-order valence-electron chi connectivity index (χ2n) is 5.47. The van der Waals surface area contributed by atoms with E-state index in [9.17, 15) is 0 Å². The minimum Gasteiger partial charge on any atom is -0.476 e. The lowest BCUT2D eigenvalue weighted by molar-refractivity contribution is 0.242. The van der Waals surface area contributed by atoms with Gasteiger partial charge in [-0.1, -0.05) is 12.8 Å². The molecule has 0 unspecified atom stereocenters. The summed E-state index contributed by atoms with van der Waals surface area (Å²) in [5, 5.41) is 3.44. The fraction of sp³-hybridized carbons (Fsp3) is 0.714. The Labute approximate surface area is 108 Å². The van der Waals surface area contributed by atoms with Gasteiger partial charge in [0.1, 0.15) is 0 Å². The number of hydrogen-bond acceptors (Lipinski definition) is 4. The normalized spacial score (nSPS) is 20.2. The molecule has 2 aliphatic rings. The topological polar surface area (TPSA) is 47.0 Å². The smallest absolute Gasteiger partial charge is 0.232 e. The van der Waals surface area contributed by atoms with Crippen molar-refractivity contribution in [1.82, 2.24) is 15.3 Å². The molecule has 4 nitrogen and oxygen atoms in total. The van der Waals surface area contributed by atoms with Crippen molar-refractivity contribution in [2.45, 2.75) is 51.1 Å². The molecule has 0 saturated heterocycles. The van der Waals surface area contributed by atoms with Gasteiger partial charge < -0.3 is 10.1 Å². The van der Waals surface area contributed by atoms with Crippen LogP contribution in [0.15, 0.2) is 12.4 Å². The summed E-state index contributed by atoms with van der Waals surface area (Å²) in [6.45, 7) is 1.60. The minimum atomic E-state index is 0.678. The summed E-state index contributed by atoms with van der Waals surface area (Å²) < 4.78 is 5.75. The monoisotopic (exact) mass is 247 g/mol. The van der Waals surface area contributed by atoms with Crippen LogP contribution >= 0.6 is 0 Å². The van der Waals surface area contributed by atoms with Gasteiger partial charge in [0, 0.05) is 18.8 Å². The van der Waals surface area contributed by atoms with Crippen molar-refractivity contribution in [3.8, 4) is 5.88 Å². The van der Waals surface area contributed by atoms with Crippen LogP contribution in [0.4, 0.5) is 0 Å². The fourth-order valence-electron chi connectivity index (χ4n) is 2.46. The fourth-order valence-corrected chi connectivity index (χ4v) is 2.46. The predicted molar refractivity (Wildman–Crippen MR) is 69.3 cm³/mol. The third-order valence-electron chi connectivity index (χ3n) is 3.75. The highest BCUT2D eigenvalue weighted by atomic mass is 16.5. The molecule has 0 aromatic carbocycles. The highest BCUT2D eigenvalue weighted by Gasteiger charge is 2.20. The first-order valence-corrected chi connectivity index (χ1v) is 7.07. The second-order valence-corrected chi connectivity index (χ2v) is 5.47. The van der Waals surface area contributed by atoms with E-state index < -0.39 is 0 Å². The summed E-state index contributed by atoms with van der Waals surface area (Å²) in [6.07, 6.45) is 11.4. The molecule has 98 valence electrons. The third kappa shape index (κ3) is 3.42. The maximum Gasteiger partial charge on any atom is 0.232 e. The number of nitrogens with zero attached hydrogens (tertiary/aromatic N) is 2. The highest BCUT2D eigenvalue weighted by Crippen LogP contribution is 2.25. The lowest BCUT2D eigenvalue weighted by Gasteiger charge is -2.11. The van der Waals surface area contributed by atoms with E-state index in [1.54, 1.807) is 6.20 Å². The van der Waals surface area contributed by atoms with Crippen LogP contribution in [0.1, 0.15) is 44.2 Å². The van der Waals surface area contributed by atoms with Crippen LogP contribution in [-0.2, 0) is 6.54 Å². The van der Waals surface area contributed by atoms with E-state index in [4.69, 9.17) is 4.74 Å². The summed E-state index contributed by atoms with van der Waals surface area (Å²) in [7, 11) is 0. The Morgan fingerprint density at radius 1 is 1.17 bits per heavy atom. The van der Waals surface area contributed by atoms with E-state index in [0.29, 0.717) is 11.9 Å². The Morgan fingerprint density at radius 2 is 2.00 bits per heavy atom. The Morgan fingerprint density at radius 3 is 2.78 bits per heavy atom. The molecule has 0 aliphatic heterocycles. The zero-order valence-corrected chi connectivity index (χ0v) is 10.8. The van der Waals surface area contributed by atoms with Crippen LogP contribution in [0.25, 0.3) is 0 Å². The van der Waals surface area contributed by atoms with Gasteiger partial charge in [0.2, 0.25) is 5.88 Å². The summed E-state index contributed by atoms with van der Waals surface area (Å²) in [6, 6.07) is 0.704. The van der Waals surface area contributed by atoms with Crippen molar-refractivity contribution in [1.29, 1.82) is 0 Å². The first-order valence-electron chi connectivity index (χ1n) is 7.07. The first kappa shape index (κ1) is 11.9. The number of ether oxygens (including phenoxy) is 1. The van der Waals surface area contributed by atoms with E-state index in [-0.39, 0.29) is 0 Å². The molecule has 0 radical (unpaired) electrons. The van der Waals surface area contributed by atoms with Gasteiger partial charge in [0.15, 0.2) is 0 Å². The lowest BCUT2D eigenvalue weighted by Crippen LogP contribution is -2.17. The van der Waals surface area contributed by atoms with Gasteiger partial charge in [-0.2, -0.15) is 0 Å². The van der Waals surface area contributed by atoms with Gasteiger partial charge in [0.05, 0.1) is 18.5 Å². The van der Waals surface area contributed by atoms with Crippen LogP contribution in [0, 0.1) is 5.92 Å². The van der Waals surface area contributed by atoms with Crippen molar-refractivity contribution in [2.75, 3.05) is 6.61 Å². The third-order valence-corrected chi connectivity index (χ3v) is 3.75. The highest BCUT2D eigenvalue weighted by molar-refractivity contribution is 5.08. The molecule has 1 heterocycles. The van der Waals surface area contributed by atoms with Crippen molar-refractivity contribution in [2.24, 2.45) is 5.92 Å². The van der Waals surface area contributed by atoms with Gasteiger partial charge in [-0.3, -0.25) is 4.98 Å². The quantitative estimate of drug-likeness (QED) is 0.838. The van der Waals surface area contributed by atoms with Crippen LogP contribution in [0.5, 0.6) is 5.88 Å². The van der Waals surface area contributed by atoms with Crippen LogP contribution in [0.2, 0.25) is 0 Å². The van der Waals surface area contributed by atoms with E-state index in [1.807, 2.05) is 6.20 Å². The zero-order valence-electron chi connectivity index (χ0n) is 10.8. The first-order chi connectivity index (χ1) is 8.90. The largest absolute Gasteiger partial charge is 0.476 e. The summed E-state index contributed by atoms with van der Waals surface area (Å²) in [5.74, 6) is 1.40. The zero-order chi connectivity index (χ0) is 12.2. The molecule has 0 atom stereocenters. The Balaban J connectivity index is 1.49. The molecule has 4 heteroatoms. The molecular formula is C14H21N3O. The van der Waals surface area contributed by atoms with Crippen LogP contribution in [-0.4, -0.2) is 22.6 Å².